The largest absolute Gasteiger partial charge is 0.464 e. The van der Waals surface area contributed by atoms with E-state index in [1.807, 2.05) is 19.1 Å². The average molecular weight is 305 g/mol. The molecule has 1 atom stereocenters. The van der Waals surface area contributed by atoms with E-state index >= 15 is 0 Å². The van der Waals surface area contributed by atoms with Crippen molar-refractivity contribution in [3.63, 3.8) is 0 Å². The van der Waals surface area contributed by atoms with Gasteiger partial charge in [-0.25, -0.2) is 8.42 Å². The molecule has 1 fully saturated rings. The third kappa shape index (κ3) is 2.76. The minimum Gasteiger partial charge on any atom is -0.464 e. The lowest BCUT2D eigenvalue weighted by molar-refractivity contribution is 0.268. The van der Waals surface area contributed by atoms with Crippen LogP contribution in [-0.4, -0.2) is 25.3 Å². The van der Waals surface area contributed by atoms with Gasteiger partial charge < -0.3 is 4.42 Å². The molecule has 3 rings (SSSR count). The van der Waals surface area contributed by atoms with Crippen molar-refractivity contribution in [2.24, 2.45) is 0 Å². The number of nitrogens with zero attached hydrogens (tertiary/aromatic N) is 1. The van der Waals surface area contributed by atoms with E-state index in [1.54, 1.807) is 34.8 Å². The van der Waals surface area contributed by atoms with Crippen LogP contribution >= 0.6 is 0 Å². The highest BCUT2D eigenvalue weighted by atomic mass is 32.2. The molecule has 1 aromatic heterocycles. The summed E-state index contributed by atoms with van der Waals surface area (Å²) in [5.74, 6) is 0.741. The van der Waals surface area contributed by atoms with Crippen LogP contribution in [-0.2, 0) is 10.0 Å². The van der Waals surface area contributed by atoms with Crippen molar-refractivity contribution in [3.05, 3.63) is 42.7 Å². The van der Waals surface area contributed by atoms with Gasteiger partial charge in [-0.2, -0.15) is 4.31 Å². The number of benzene rings is 1. The number of hydrogen-bond donors (Lipinski definition) is 0. The maximum Gasteiger partial charge on any atom is 0.243 e. The van der Waals surface area contributed by atoms with E-state index in [0.29, 0.717) is 11.4 Å². The van der Waals surface area contributed by atoms with Crippen molar-refractivity contribution in [2.45, 2.75) is 37.1 Å². The number of piperidine rings is 1. The number of hydrogen-bond acceptors (Lipinski definition) is 3. The van der Waals surface area contributed by atoms with Crippen LogP contribution < -0.4 is 0 Å². The van der Waals surface area contributed by atoms with Crippen molar-refractivity contribution < 1.29 is 12.8 Å². The summed E-state index contributed by atoms with van der Waals surface area (Å²) in [7, 11) is -3.39. The van der Waals surface area contributed by atoms with E-state index in [0.717, 1.165) is 30.6 Å². The SMILES string of the molecule is CC1CCCCN1S(=O)(=O)c1ccc(-c2ccco2)cc1. The Labute approximate surface area is 125 Å². The number of furan rings is 1. The number of rotatable bonds is 3. The molecule has 1 aliphatic rings. The average Bonchev–Trinajstić information content (AvgIpc) is 3.02. The zero-order valence-electron chi connectivity index (χ0n) is 12.0. The molecule has 0 saturated carbocycles. The monoisotopic (exact) mass is 305 g/mol. The third-order valence-corrected chi connectivity index (χ3v) is 6.04. The fourth-order valence-corrected chi connectivity index (χ4v) is 4.50. The van der Waals surface area contributed by atoms with Gasteiger partial charge in [-0.1, -0.05) is 6.42 Å². The van der Waals surface area contributed by atoms with Crippen molar-refractivity contribution >= 4 is 10.0 Å². The second kappa shape index (κ2) is 5.66. The van der Waals surface area contributed by atoms with Crippen LogP contribution in [0.25, 0.3) is 11.3 Å². The fourth-order valence-electron chi connectivity index (χ4n) is 2.80. The van der Waals surface area contributed by atoms with Gasteiger partial charge in [0.15, 0.2) is 0 Å². The van der Waals surface area contributed by atoms with Gasteiger partial charge in [-0.3, -0.25) is 0 Å². The van der Waals surface area contributed by atoms with Crippen molar-refractivity contribution in [1.82, 2.24) is 4.31 Å². The van der Waals surface area contributed by atoms with Gasteiger partial charge in [-0.15, -0.1) is 0 Å². The molecule has 1 aromatic carbocycles. The van der Waals surface area contributed by atoms with E-state index in [2.05, 4.69) is 0 Å². The summed E-state index contributed by atoms with van der Waals surface area (Å²) in [6.07, 6.45) is 4.58. The fraction of sp³-hybridized carbons (Fsp3) is 0.375. The van der Waals surface area contributed by atoms with Gasteiger partial charge in [-0.05, 0) is 56.2 Å². The first kappa shape index (κ1) is 14.4. The number of sulfonamides is 1. The van der Waals surface area contributed by atoms with Gasteiger partial charge >= 0.3 is 0 Å². The van der Waals surface area contributed by atoms with Crippen LogP contribution in [0.2, 0.25) is 0 Å². The molecule has 1 aliphatic heterocycles. The summed E-state index contributed by atoms with van der Waals surface area (Å²) in [5.41, 5.74) is 0.880. The Morgan fingerprint density at radius 2 is 1.90 bits per heavy atom. The molecule has 2 aromatic rings. The highest BCUT2D eigenvalue weighted by Crippen LogP contribution is 2.27. The summed E-state index contributed by atoms with van der Waals surface area (Å²) in [6.45, 7) is 2.59. The van der Waals surface area contributed by atoms with E-state index in [-0.39, 0.29) is 6.04 Å². The van der Waals surface area contributed by atoms with Crippen molar-refractivity contribution in [2.75, 3.05) is 6.54 Å². The lowest BCUT2D eigenvalue weighted by Gasteiger charge is -2.32. The van der Waals surface area contributed by atoms with Crippen LogP contribution in [0.3, 0.4) is 0 Å². The zero-order chi connectivity index (χ0) is 14.9. The lowest BCUT2D eigenvalue weighted by Crippen LogP contribution is -2.41. The first-order valence-corrected chi connectivity index (χ1v) is 8.69. The van der Waals surface area contributed by atoms with E-state index in [4.69, 9.17) is 4.42 Å². The first-order chi connectivity index (χ1) is 10.1. The maximum atomic E-state index is 12.7. The highest BCUT2D eigenvalue weighted by molar-refractivity contribution is 7.89. The van der Waals surface area contributed by atoms with Crippen molar-refractivity contribution in [3.8, 4) is 11.3 Å². The normalized spacial score (nSPS) is 20.5. The molecule has 4 nitrogen and oxygen atoms in total. The summed E-state index contributed by atoms with van der Waals surface area (Å²) in [4.78, 5) is 0.353. The van der Waals surface area contributed by atoms with Gasteiger partial charge in [0.2, 0.25) is 10.0 Å². The molecule has 0 radical (unpaired) electrons. The Morgan fingerprint density at radius 3 is 2.52 bits per heavy atom. The molecule has 2 heterocycles. The van der Waals surface area contributed by atoms with Crippen LogP contribution in [0.4, 0.5) is 0 Å². The van der Waals surface area contributed by atoms with Crippen LogP contribution in [0.1, 0.15) is 26.2 Å². The molecule has 5 heteroatoms. The lowest BCUT2D eigenvalue weighted by atomic mass is 10.1. The first-order valence-electron chi connectivity index (χ1n) is 7.25. The van der Waals surface area contributed by atoms with Gasteiger partial charge in [0.05, 0.1) is 11.2 Å². The summed E-state index contributed by atoms with van der Waals surface area (Å²) >= 11 is 0. The predicted molar refractivity (Wildman–Crippen MR) is 81.3 cm³/mol. The quantitative estimate of drug-likeness (QED) is 0.872. The van der Waals surface area contributed by atoms with Crippen LogP contribution in [0, 0.1) is 0 Å². The Bertz CT molecular complexity index is 690. The van der Waals surface area contributed by atoms with Crippen LogP contribution in [0.5, 0.6) is 0 Å². The molecule has 0 spiro atoms. The summed E-state index contributed by atoms with van der Waals surface area (Å²) in [5, 5.41) is 0. The molecule has 0 aliphatic carbocycles. The molecular formula is C16H19NO3S. The molecule has 112 valence electrons. The molecule has 1 unspecified atom stereocenters. The Balaban J connectivity index is 1.89. The Kier molecular flexibility index (Phi) is 3.87. The Hall–Kier alpha value is -1.59. The van der Waals surface area contributed by atoms with Gasteiger partial charge in [0.1, 0.15) is 5.76 Å². The standard InChI is InChI=1S/C16H19NO3S/c1-13-5-2-3-11-17(13)21(18,19)15-9-7-14(8-10-15)16-6-4-12-20-16/h4,6-10,12-13H,2-3,5,11H2,1H3. The molecular weight excluding hydrogens is 286 g/mol. The topological polar surface area (TPSA) is 50.5 Å². The predicted octanol–water partition coefficient (Wildman–Crippen LogP) is 3.51. The Morgan fingerprint density at radius 1 is 1.14 bits per heavy atom. The molecule has 21 heavy (non-hydrogen) atoms. The minimum absolute atomic E-state index is 0.0773. The third-order valence-electron chi connectivity index (χ3n) is 4.01. The van der Waals surface area contributed by atoms with E-state index in [1.165, 1.54) is 0 Å². The minimum atomic E-state index is -3.39. The van der Waals surface area contributed by atoms with Gasteiger partial charge in [0, 0.05) is 18.2 Å². The molecule has 0 bridgehead atoms. The molecule has 0 N–H and O–H groups in total. The van der Waals surface area contributed by atoms with Crippen molar-refractivity contribution in [1.29, 1.82) is 0 Å². The smallest absolute Gasteiger partial charge is 0.243 e. The van der Waals surface area contributed by atoms with Crippen LogP contribution in [0.15, 0.2) is 52.0 Å². The molecule has 0 amide bonds. The van der Waals surface area contributed by atoms with Gasteiger partial charge in [0.25, 0.3) is 0 Å². The second-order valence-electron chi connectivity index (χ2n) is 5.46. The second-order valence-corrected chi connectivity index (χ2v) is 7.35. The molecule has 1 saturated heterocycles. The maximum absolute atomic E-state index is 12.7. The zero-order valence-corrected chi connectivity index (χ0v) is 12.8. The summed E-state index contributed by atoms with van der Waals surface area (Å²) in [6, 6.07) is 10.7. The highest BCUT2D eigenvalue weighted by Gasteiger charge is 2.30. The van der Waals surface area contributed by atoms with E-state index in [9.17, 15) is 8.42 Å². The van der Waals surface area contributed by atoms with E-state index < -0.39 is 10.0 Å². The summed E-state index contributed by atoms with van der Waals surface area (Å²) < 4.78 is 32.3.